The van der Waals surface area contributed by atoms with Gasteiger partial charge in [-0.1, -0.05) is 29.8 Å². The number of benzene rings is 2. The molecule has 0 spiro atoms. The summed E-state index contributed by atoms with van der Waals surface area (Å²) in [6.07, 6.45) is 1.91. The molecule has 11 heteroatoms. The number of aromatic nitrogens is 3. The maximum Gasteiger partial charge on any atom is 0.240 e. The van der Waals surface area contributed by atoms with Gasteiger partial charge in [0.25, 0.3) is 0 Å². The van der Waals surface area contributed by atoms with Crippen LogP contribution in [0.2, 0.25) is 0 Å². The molecule has 1 atom stereocenters. The number of anilines is 3. The standard InChI is InChI=1S/C24H31N7O3S/c1-17-9-11-19(12-10-17)35(32,33)26-14-18-6-5-13-31(15-18)16-22-28-23(25)30-24(29-22)27-20-7-3-4-8-21(20)34-2/h3-4,7-12,18,26H,5-6,13-16H2,1-2H3,(H3,25,27,28,29,30). The number of hydrogen-bond acceptors (Lipinski definition) is 9. The summed E-state index contributed by atoms with van der Waals surface area (Å²) < 4.78 is 33.4. The molecule has 0 saturated carbocycles. The van der Waals surface area contributed by atoms with Crippen LogP contribution >= 0.6 is 0 Å². The fourth-order valence-corrected chi connectivity index (χ4v) is 5.24. The first-order chi connectivity index (χ1) is 16.8. The van der Waals surface area contributed by atoms with Gasteiger partial charge in [0, 0.05) is 13.1 Å². The minimum atomic E-state index is -3.54. The summed E-state index contributed by atoms with van der Waals surface area (Å²) in [6.45, 7) is 4.42. The Morgan fingerprint density at radius 2 is 1.89 bits per heavy atom. The lowest BCUT2D eigenvalue weighted by molar-refractivity contribution is 0.165. The highest BCUT2D eigenvalue weighted by atomic mass is 32.2. The number of ether oxygens (including phenoxy) is 1. The number of nitrogens with two attached hydrogens (primary N) is 1. The van der Waals surface area contributed by atoms with Crippen molar-refractivity contribution in [1.82, 2.24) is 24.6 Å². The first-order valence-corrected chi connectivity index (χ1v) is 13.0. The van der Waals surface area contributed by atoms with Crippen molar-refractivity contribution in [3.63, 3.8) is 0 Å². The Morgan fingerprint density at radius 3 is 2.66 bits per heavy atom. The second-order valence-corrected chi connectivity index (χ2v) is 10.4. The second kappa shape index (κ2) is 11.0. The molecular weight excluding hydrogens is 466 g/mol. The van der Waals surface area contributed by atoms with Gasteiger partial charge in [-0.25, -0.2) is 13.1 Å². The van der Waals surface area contributed by atoms with Gasteiger partial charge >= 0.3 is 0 Å². The van der Waals surface area contributed by atoms with Crippen molar-refractivity contribution in [3.05, 3.63) is 59.9 Å². The highest BCUT2D eigenvalue weighted by Crippen LogP contribution is 2.26. The van der Waals surface area contributed by atoms with Crippen molar-refractivity contribution < 1.29 is 13.2 Å². The van der Waals surface area contributed by atoms with E-state index in [1.165, 1.54) is 0 Å². The number of methoxy groups -OCH3 is 1. The topological polar surface area (TPSA) is 135 Å². The van der Waals surface area contributed by atoms with Crippen LogP contribution in [-0.2, 0) is 16.6 Å². The van der Waals surface area contributed by atoms with Gasteiger partial charge in [-0.05, 0) is 56.5 Å². The fraction of sp³-hybridized carbons (Fsp3) is 0.375. The number of piperidine rings is 1. The maximum absolute atomic E-state index is 12.6. The van der Waals surface area contributed by atoms with E-state index in [0.717, 1.165) is 37.2 Å². The molecule has 1 aliphatic rings. The van der Waals surface area contributed by atoms with E-state index < -0.39 is 10.0 Å². The molecule has 0 amide bonds. The van der Waals surface area contributed by atoms with Crippen LogP contribution in [0, 0.1) is 12.8 Å². The van der Waals surface area contributed by atoms with Crippen molar-refractivity contribution in [2.45, 2.75) is 31.2 Å². The van der Waals surface area contributed by atoms with Gasteiger partial charge in [0.05, 0.1) is 24.2 Å². The zero-order valence-corrected chi connectivity index (χ0v) is 20.8. The number of nitrogens with one attached hydrogen (secondary N) is 2. The molecule has 0 radical (unpaired) electrons. The summed E-state index contributed by atoms with van der Waals surface area (Å²) in [4.78, 5) is 15.5. The minimum absolute atomic E-state index is 0.131. The molecule has 1 fully saturated rings. The van der Waals surface area contributed by atoms with E-state index in [0.29, 0.717) is 30.6 Å². The number of sulfonamides is 1. The van der Waals surface area contributed by atoms with Crippen molar-refractivity contribution in [3.8, 4) is 5.75 Å². The minimum Gasteiger partial charge on any atom is -0.495 e. The highest BCUT2D eigenvalue weighted by Gasteiger charge is 2.23. The summed E-state index contributed by atoms with van der Waals surface area (Å²) in [6, 6.07) is 14.3. The van der Waals surface area contributed by atoms with E-state index in [-0.39, 0.29) is 16.8 Å². The van der Waals surface area contributed by atoms with Gasteiger partial charge in [-0.3, -0.25) is 4.90 Å². The predicted octanol–water partition coefficient (Wildman–Crippen LogP) is 2.70. The van der Waals surface area contributed by atoms with Crippen molar-refractivity contribution in [1.29, 1.82) is 0 Å². The predicted molar refractivity (Wildman–Crippen MR) is 135 cm³/mol. The van der Waals surface area contributed by atoms with Gasteiger partial charge in [0.2, 0.25) is 21.9 Å². The normalized spacial score (nSPS) is 16.7. The van der Waals surface area contributed by atoms with Gasteiger partial charge in [0.15, 0.2) is 0 Å². The number of rotatable bonds is 9. The Balaban J connectivity index is 1.37. The Bertz CT molecular complexity index is 1250. The van der Waals surface area contributed by atoms with E-state index in [9.17, 15) is 8.42 Å². The molecule has 2 aromatic carbocycles. The summed E-state index contributed by atoms with van der Waals surface area (Å²) in [5.74, 6) is 1.88. The van der Waals surface area contributed by atoms with Crippen molar-refractivity contribution >= 4 is 27.6 Å². The molecule has 3 aromatic rings. The molecule has 186 valence electrons. The molecule has 0 aliphatic carbocycles. The van der Waals surface area contributed by atoms with Crippen molar-refractivity contribution in [2.24, 2.45) is 5.92 Å². The number of para-hydroxylation sites is 2. The van der Waals surface area contributed by atoms with Gasteiger partial charge in [-0.2, -0.15) is 15.0 Å². The third-order valence-electron chi connectivity index (χ3n) is 5.91. The van der Waals surface area contributed by atoms with Crippen LogP contribution in [0.5, 0.6) is 5.75 Å². The van der Waals surface area contributed by atoms with Crippen LogP contribution in [0.3, 0.4) is 0 Å². The summed E-state index contributed by atoms with van der Waals surface area (Å²) in [7, 11) is -1.94. The number of aryl methyl sites for hydroxylation is 1. The van der Waals surface area contributed by atoms with Crippen LogP contribution < -0.4 is 20.5 Å². The Hall–Kier alpha value is -3.28. The quantitative estimate of drug-likeness (QED) is 0.408. The van der Waals surface area contributed by atoms with Crippen molar-refractivity contribution in [2.75, 3.05) is 37.8 Å². The average molecular weight is 498 g/mol. The largest absolute Gasteiger partial charge is 0.495 e. The van der Waals surface area contributed by atoms with E-state index >= 15 is 0 Å². The lowest BCUT2D eigenvalue weighted by Crippen LogP contribution is -2.40. The number of hydrogen-bond donors (Lipinski definition) is 3. The first-order valence-electron chi connectivity index (χ1n) is 11.5. The lowest BCUT2D eigenvalue weighted by atomic mass is 9.98. The van der Waals surface area contributed by atoms with Gasteiger partial charge in [0.1, 0.15) is 11.6 Å². The summed E-state index contributed by atoms with van der Waals surface area (Å²) in [5.41, 5.74) is 7.70. The average Bonchev–Trinajstić information content (AvgIpc) is 2.83. The number of likely N-dealkylation sites (tertiary alicyclic amines) is 1. The van der Waals surface area contributed by atoms with Crippen LogP contribution in [-0.4, -0.2) is 55.0 Å². The first kappa shape index (κ1) is 24.8. The van der Waals surface area contributed by atoms with E-state index in [2.05, 4.69) is 29.9 Å². The third-order valence-corrected chi connectivity index (χ3v) is 7.35. The van der Waals surface area contributed by atoms with Crippen LogP contribution in [0.1, 0.15) is 24.2 Å². The second-order valence-electron chi connectivity index (χ2n) is 8.67. The zero-order chi connectivity index (χ0) is 24.8. The van der Waals surface area contributed by atoms with E-state index in [4.69, 9.17) is 10.5 Å². The monoisotopic (exact) mass is 497 g/mol. The highest BCUT2D eigenvalue weighted by molar-refractivity contribution is 7.89. The molecule has 0 bridgehead atoms. The number of nitrogen functional groups attached to an aromatic ring is 1. The number of nitrogens with zero attached hydrogens (tertiary/aromatic N) is 4. The zero-order valence-electron chi connectivity index (χ0n) is 19.9. The Morgan fingerprint density at radius 1 is 1.11 bits per heavy atom. The van der Waals surface area contributed by atoms with Gasteiger partial charge in [-0.15, -0.1) is 0 Å². The molecule has 35 heavy (non-hydrogen) atoms. The van der Waals surface area contributed by atoms with Crippen LogP contribution in [0.4, 0.5) is 17.6 Å². The van der Waals surface area contributed by atoms with Gasteiger partial charge < -0.3 is 15.8 Å². The lowest BCUT2D eigenvalue weighted by Gasteiger charge is -2.32. The third kappa shape index (κ3) is 6.65. The molecule has 4 rings (SSSR count). The SMILES string of the molecule is COc1ccccc1Nc1nc(N)nc(CN2CCCC(CNS(=O)(=O)c3ccc(C)cc3)C2)n1. The van der Waals surface area contributed by atoms with E-state index in [1.54, 1.807) is 31.4 Å². The van der Waals surface area contributed by atoms with Crippen LogP contribution in [0.15, 0.2) is 53.4 Å². The molecule has 1 aliphatic heterocycles. The molecule has 1 unspecified atom stereocenters. The molecule has 4 N–H and O–H groups in total. The molecule has 1 aromatic heterocycles. The summed E-state index contributed by atoms with van der Waals surface area (Å²) in [5, 5.41) is 3.14. The van der Waals surface area contributed by atoms with Crippen LogP contribution in [0.25, 0.3) is 0 Å². The smallest absolute Gasteiger partial charge is 0.240 e. The Kier molecular flexibility index (Phi) is 7.79. The van der Waals surface area contributed by atoms with E-state index in [1.807, 2.05) is 31.2 Å². The molecular formula is C24H31N7O3S. The molecule has 10 nitrogen and oxygen atoms in total. The maximum atomic E-state index is 12.6. The molecule has 1 saturated heterocycles. The fourth-order valence-electron chi connectivity index (χ4n) is 4.12. The Labute approximate surface area is 206 Å². The molecule has 2 heterocycles. The summed E-state index contributed by atoms with van der Waals surface area (Å²) >= 11 is 0.